The van der Waals surface area contributed by atoms with E-state index in [1.165, 1.54) is 11.3 Å². The summed E-state index contributed by atoms with van der Waals surface area (Å²) in [5.74, 6) is -0.158. The summed E-state index contributed by atoms with van der Waals surface area (Å²) in [4.78, 5) is 20.2. The molecular formula is C19H31N3O4S. The fourth-order valence-electron chi connectivity index (χ4n) is 4.19. The highest BCUT2D eigenvalue weighted by Gasteiger charge is 2.50. The van der Waals surface area contributed by atoms with Gasteiger partial charge in [0, 0.05) is 33.2 Å². The molecule has 0 bridgehead atoms. The van der Waals surface area contributed by atoms with Crippen molar-refractivity contribution in [2.75, 3.05) is 40.0 Å². The third-order valence-corrected chi connectivity index (χ3v) is 6.93. The van der Waals surface area contributed by atoms with Gasteiger partial charge in [0.05, 0.1) is 35.1 Å². The minimum atomic E-state index is -0.729. The molecule has 8 heteroatoms. The number of nitrogens with zero attached hydrogens (tertiary/aromatic N) is 2. The van der Waals surface area contributed by atoms with Crippen LogP contribution >= 0.6 is 11.3 Å². The Labute approximate surface area is 165 Å². The van der Waals surface area contributed by atoms with Gasteiger partial charge in [-0.1, -0.05) is 0 Å². The SMILES string of the molecule is COCCN1CCC2(CC1)C[C@@](C)(NC(=O)c1sc(C)nc1C)[C@H](O)CO2. The van der Waals surface area contributed by atoms with Crippen LogP contribution in [0.2, 0.25) is 0 Å². The zero-order valence-electron chi connectivity index (χ0n) is 16.7. The lowest BCUT2D eigenvalue weighted by atomic mass is 9.74. The number of nitrogens with one attached hydrogen (secondary N) is 1. The molecule has 0 aromatic carbocycles. The number of thiazole rings is 1. The van der Waals surface area contributed by atoms with E-state index in [0.29, 0.717) is 11.3 Å². The van der Waals surface area contributed by atoms with Crippen LogP contribution in [0.5, 0.6) is 0 Å². The monoisotopic (exact) mass is 397 g/mol. The lowest BCUT2D eigenvalue weighted by Crippen LogP contribution is -2.65. The predicted molar refractivity (Wildman–Crippen MR) is 104 cm³/mol. The van der Waals surface area contributed by atoms with Gasteiger partial charge >= 0.3 is 0 Å². The van der Waals surface area contributed by atoms with Crippen molar-refractivity contribution in [2.45, 2.75) is 57.3 Å². The van der Waals surface area contributed by atoms with Crippen LogP contribution in [0.1, 0.15) is 46.6 Å². The first-order valence-corrected chi connectivity index (χ1v) is 10.4. The Morgan fingerprint density at radius 3 is 2.74 bits per heavy atom. The van der Waals surface area contributed by atoms with Crippen LogP contribution in [-0.4, -0.2) is 78.1 Å². The summed E-state index contributed by atoms with van der Waals surface area (Å²) in [6.07, 6.45) is 1.68. The summed E-state index contributed by atoms with van der Waals surface area (Å²) in [5.41, 5.74) is -0.265. The molecule has 2 aliphatic heterocycles. The standard InChI is InChI=1S/C19H31N3O4S/c1-13-16(27-14(2)20-13)17(24)21-18(3)12-19(26-11-15(18)23)5-7-22(8-6-19)9-10-25-4/h15,23H,5-12H2,1-4H3,(H,21,24)/t15-,18-/m1/s1. The molecule has 3 heterocycles. The number of methoxy groups -OCH3 is 1. The molecule has 3 rings (SSSR count). The van der Waals surface area contributed by atoms with Crippen molar-refractivity contribution >= 4 is 17.2 Å². The van der Waals surface area contributed by atoms with Crippen LogP contribution in [0, 0.1) is 13.8 Å². The van der Waals surface area contributed by atoms with Gasteiger partial charge in [-0.3, -0.25) is 4.79 Å². The van der Waals surface area contributed by atoms with Crippen LogP contribution in [0.15, 0.2) is 0 Å². The van der Waals surface area contributed by atoms with Gasteiger partial charge in [-0.2, -0.15) is 0 Å². The molecule has 152 valence electrons. The summed E-state index contributed by atoms with van der Waals surface area (Å²) >= 11 is 1.39. The predicted octanol–water partition coefficient (Wildman–Crippen LogP) is 1.51. The van der Waals surface area contributed by atoms with E-state index in [1.807, 2.05) is 20.8 Å². The molecule has 2 saturated heterocycles. The minimum Gasteiger partial charge on any atom is -0.388 e. The minimum absolute atomic E-state index is 0.158. The number of rotatable bonds is 5. The second kappa shape index (κ2) is 8.13. The van der Waals surface area contributed by atoms with E-state index in [0.717, 1.165) is 49.8 Å². The van der Waals surface area contributed by atoms with E-state index in [-0.39, 0.29) is 18.1 Å². The van der Waals surface area contributed by atoms with Crippen LogP contribution in [0.25, 0.3) is 0 Å². The third-order valence-electron chi connectivity index (χ3n) is 5.86. The van der Waals surface area contributed by atoms with Crippen molar-refractivity contribution in [3.63, 3.8) is 0 Å². The topological polar surface area (TPSA) is 83.9 Å². The van der Waals surface area contributed by atoms with Crippen molar-refractivity contribution < 1.29 is 19.4 Å². The number of aryl methyl sites for hydroxylation is 2. The number of ether oxygens (including phenoxy) is 2. The average molecular weight is 398 g/mol. The first-order chi connectivity index (χ1) is 12.8. The Balaban J connectivity index is 1.67. The summed E-state index contributed by atoms with van der Waals surface area (Å²) in [6, 6.07) is 0. The van der Waals surface area contributed by atoms with Crippen LogP contribution in [0.3, 0.4) is 0 Å². The van der Waals surface area contributed by atoms with Gasteiger partial charge in [0.25, 0.3) is 5.91 Å². The number of carbonyl (C=O) groups excluding carboxylic acids is 1. The van der Waals surface area contributed by atoms with Crippen molar-refractivity contribution in [1.82, 2.24) is 15.2 Å². The molecule has 2 aliphatic rings. The van der Waals surface area contributed by atoms with Gasteiger partial charge in [-0.05, 0) is 33.6 Å². The molecule has 1 amide bonds. The Morgan fingerprint density at radius 1 is 1.44 bits per heavy atom. The zero-order valence-corrected chi connectivity index (χ0v) is 17.5. The number of piperidine rings is 1. The first-order valence-electron chi connectivity index (χ1n) is 9.57. The molecule has 0 radical (unpaired) electrons. The third kappa shape index (κ3) is 4.51. The number of amides is 1. The van der Waals surface area contributed by atoms with Gasteiger partial charge in [0.2, 0.25) is 0 Å². The number of aromatic nitrogens is 1. The number of hydrogen-bond acceptors (Lipinski definition) is 7. The van der Waals surface area contributed by atoms with Crippen LogP contribution in [-0.2, 0) is 9.47 Å². The largest absolute Gasteiger partial charge is 0.388 e. The van der Waals surface area contributed by atoms with Gasteiger partial charge in [0.15, 0.2) is 0 Å². The molecule has 27 heavy (non-hydrogen) atoms. The molecule has 0 unspecified atom stereocenters. The number of aliphatic hydroxyl groups excluding tert-OH is 1. The van der Waals surface area contributed by atoms with Gasteiger partial charge < -0.3 is 24.8 Å². The Bertz CT molecular complexity index is 672. The van der Waals surface area contributed by atoms with Crippen molar-refractivity contribution in [2.24, 2.45) is 0 Å². The van der Waals surface area contributed by atoms with E-state index < -0.39 is 11.6 Å². The van der Waals surface area contributed by atoms with Gasteiger partial charge in [-0.25, -0.2) is 4.98 Å². The maximum absolute atomic E-state index is 12.8. The van der Waals surface area contributed by atoms with E-state index in [2.05, 4.69) is 15.2 Å². The quantitative estimate of drug-likeness (QED) is 0.784. The second-order valence-corrected chi connectivity index (χ2v) is 9.24. The highest BCUT2D eigenvalue weighted by Crippen LogP contribution is 2.40. The smallest absolute Gasteiger partial charge is 0.263 e. The van der Waals surface area contributed by atoms with Crippen LogP contribution < -0.4 is 5.32 Å². The highest BCUT2D eigenvalue weighted by molar-refractivity contribution is 7.13. The second-order valence-electron chi connectivity index (χ2n) is 8.04. The molecular weight excluding hydrogens is 366 g/mol. The first kappa shape index (κ1) is 20.7. The fourth-order valence-corrected chi connectivity index (χ4v) is 5.00. The molecule has 2 N–H and O–H groups in total. The summed E-state index contributed by atoms with van der Waals surface area (Å²) in [5, 5.41) is 14.6. The lowest BCUT2D eigenvalue weighted by molar-refractivity contribution is -0.177. The molecule has 2 fully saturated rings. The Hall–Kier alpha value is -1.06. The van der Waals surface area contributed by atoms with Crippen molar-refractivity contribution in [3.05, 3.63) is 15.6 Å². The fraction of sp³-hybridized carbons (Fsp3) is 0.789. The van der Waals surface area contributed by atoms with E-state index in [4.69, 9.17) is 9.47 Å². The molecule has 1 aromatic rings. The average Bonchev–Trinajstić information content (AvgIpc) is 2.97. The summed E-state index contributed by atoms with van der Waals surface area (Å²) < 4.78 is 11.3. The normalized spacial score (nSPS) is 28.4. The maximum atomic E-state index is 12.8. The molecule has 0 saturated carbocycles. The molecule has 0 aliphatic carbocycles. The summed E-state index contributed by atoms with van der Waals surface area (Å²) in [6.45, 7) is 9.45. The van der Waals surface area contributed by atoms with Gasteiger partial charge in [-0.15, -0.1) is 11.3 Å². The van der Waals surface area contributed by atoms with Gasteiger partial charge in [0.1, 0.15) is 11.0 Å². The Kier molecular flexibility index (Phi) is 6.22. The number of likely N-dealkylation sites (tertiary alicyclic amines) is 1. The molecule has 1 aromatic heterocycles. The van der Waals surface area contributed by atoms with Crippen molar-refractivity contribution in [1.29, 1.82) is 0 Å². The van der Waals surface area contributed by atoms with Crippen molar-refractivity contribution in [3.8, 4) is 0 Å². The Morgan fingerprint density at radius 2 is 2.15 bits per heavy atom. The highest BCUT2D eigenvalue weighted by atomic mass is 32.1. The van der Waals surface area contributed by atoms with E-state index >= 15 is 0 Å². The molecule has 2 atom stereocenters. The van der Waals surface area contributed by atoms with Crippen LogP contribution in [0.4, 0.5) is 0 Å². The lowest BCUT2D eigenvalue weighted by Gasteiger charge is -2.52. The summed E-state index contributed by atoms with van der Waals surface area (Å²) in [7, 11) is 1.72. The maximum Gasteiger partial charge on any atom is 0.263 e. The van der Waals surface area contributed by atoms with E-state index in [9.17, 15) is 9.90 Å². The molecule has 7 nitrogen and oxygen atoms in total. The number of carbonyl (C=O) groups is 1. The molecule has 1 spiro atoms. The zero-order chi connectivity index (χ0) is 19.7. The van der Waals surface area contributed by atoms with E-state index in [1.54, 1.807) is 7.11 Å². The number of hydrogen-bond donors (Lipinski definition) is 2. The number of aliphatic hydroxyl groups is 1.